The van der Waals surface area contributed by atoms with Gasteiger partial charge in [-0.05, 0) is 56.5 Å². The number of hydrogen-bond donors (Lipinski definition) is 1. The summed E-state index contributed by atoms with van der Waals surface area (Å²) < 4.78 is 0. The maximum atomic E-state index is 6.39. The SMILES string of the molecule is CCC1(CC)CN(Cc2ccc(C)cc2Cl)CCCN1. The summed E-state index contributed by atoms with van der Waals surface area (Å²) >= 11 is 6.39. The molecular formula is C17H27ClN2. The summed E-state index contributed by atoms with van der Waals surface area (Å²) in [4.78, 5) is 2.56. The first-order valence-electron chi connectivity index (χ1n) is 7.81. The third-order valence-electron chi connectivity index (χ3n) is 4.63. The second kappa shape index (κ2) is 6.93. The van der Waals surface area contributed by atoms with Gasteiger partial charge in [-0.2, -0.15) is 0 Å². The van der Waals surface area contributed by atoms with E-state index in [4.69, 9.17) is 11.6 Å². The Labute approximate surface area is 128 Å². The molecule has 2 nitrogen and oxygen atoms in total. The van der Waals surface area contributed by atoms with Gasteiger partial charge in [0.2, 0.25) is 0 Å². The fourth-order valence-corrected chi connectivity index (χ4v) is 3.39. The van der Waals surface area contributed by atoms with E-state index in [0.717, 1.165) is 31.2 Å². The molecular weight excluding hydrogens is 268 g/mol. The first kappa shape index (κ1) is 15.8. The minimum absolute atomic E-state index is 0.272. The van der Waals surface area contributed by atoms with Gasteiger partial charge in [-0.1, -0.05) is 37.6 Å². The lowest BCUT2D eigenvalue weighted by Crippen LogP contribution is -2.50. The lowest BCUT2D eigenvalue weighted by atomic mass is 9.92. The molecule has 0 aromatic heterocycles. The topological polar surface area (TPSA) is 15.3 Å². The summed E-state index contributed by atoms with van der Waals surface area (Å²) in [5.74, 6) is 0. The molecule has 0 amide bonds. The van der Waals surface area contributed by atoms with E-state index in [2.05, 4.69) is 49.2 Å². The maximum Gasteiger partial charge on any atom is 0.0453 e. The van der Waals surface area contributed by atoms with Crippen LogP contribution in [0.3, 0.4) is 0 Å². The summed E-state index contributed by atoms with van der Waals surface area (Å²) in [5, 5.41) is 4.66. The number of hydrogen-bond acceptors (Lipinski definition) is 2. The zero-order chi connectivity index (χ0) is 14.6. The number of halogens is 1. The zero-order valence-corrected chi connectivity index (χ0v) is 13.8. The predicted octanol–water partition coefficient (Wildman–Crippen LogP) is 4.00. The van der Waals surface area contributed by atoms with Crippen molar-refractivity contribution < 1.29 is 0 Å². The van der Waals surface area contributed by atoms with Gasteiger partial charge in [-0.25, -0.2) is 0 Å². The maximum absolute atomic E-state index is 6.39. The molecule has 1 aromatic carbocycles. The predicted molar refractivity (Wildman–Crippen MR) is 87.4 cm³/mol. The van der Waals surface area contributed by atoms with Crippen LogP contribution < -0.4 is 5.32 Å². The largest absolute Gasteiger partial charge is 0.310 e. The van der Waals surface area contributed by atoms with E-state index >= 15 is 0 Å². The normalized spacial score (nSPS) is 19.8. The molecule has 2 rings (SSSR count). The molecule has 20 heavy (non-hydrogen) atoms. The van der Waals surface area contributed by atoms with Crippen LogP contribution in [0.2, 0.25) is 5.02 Å². The Kier molecular flexibility index (Phi) is 5.48. The summed E-state index contributed by atoms with van der Waals surface area (Å²) in [7, 11) is 0. The average molecular weight is 295 g/mol. The van der Waals surface area contributed by atoms with Crippen LogP contribution in [-0.4, -0.2) is 30.1 Å². The molecule has 0 spiro atoms. The molecule has 0 unspecified atom stereocenters. The average Bonchev–Trinajstić information content (AvgIpc) is 2.65. The van der Waals surface area contributed by atoms with Gasteiger partial charge in [0.25, 0.3) is 0 Å². The molecule has 0 radical (unpaired) electrons. The quantitative estimate of drug-likeness (QED) is 0.903. The van der Waals surface area contributed by atoms with Crippen molar-refractivity contribution in [3.8, 4) is 0 Å². The molecule has 1 aliphatic rings. The minimum Gasteiger partial charge on any atom is -0.310 e. The highest BCUT2D eigenvalue weighted by atomic mass is 35.5. The van der Waals surface area contributed by atoms with Gasteiger partial charge in [-0.3, -0.25) is 4.90 Å². The Balaban J connectivity index is 2.11. The first-order chi connectivity index (χ1) is 9.58. The number of rotatable bonds is 4. The Morgan fingerprint density at radius 1 is 1.30 bits per heavy atom. The van der Waals surface area contributed by atoms with Gasteiger partial charge in [-0.15, -0.1) is 0 Å². The molecule has 0 atom stereocenters. The fourth-order valence-electron chi connectivity index (χ4n) is 3.10. The highest BCUT2D eigenvalue weighted by Crippen LogP contribution is 2.24. The highest BCUT2D eigenvalue weighted by molar-refractivity contribution is 6.31. The van der Waals surface area contributed by atoms with Crippen LogP contribution in [0.1, 0.15) is 44.2 Å². The van der Waals surface area contributed by atoms with Crippen molar-refractivity contribution in [2.45, 2.75) is 52.1 Å². The first-order valence-corrected chi connectivity index (χ1v) is 8.19. The van der Waals surface area contributed by atoms with Crippen LogP contribution in [0.4, 0.5) is 0 Å². The number of nitrogens with one attached hydrogen (secondary N) is 1. The van der Waals surface area contributed by atoms with Crippen molar-refractivity contribution in [1.29, 1.82) is 0 Å². The van der Waals surface area contributed by atoms with E-state index in [9.17, 15) is 0 Å². The molecule has 3 heteroatoms. The number of nitrogens with zero attached hydrogens (tertiary/aromatic N) is 1. The van der Waals surface area contributed by atoms with E-state index in [0.29, 0.717) is 0 Å². The van der Waals surface area contributed by atoms with Gasteiger partial charge in [0.15, 0.2) is 0 Å². The van der Waals surface area contributed by atoms with Crippen LogP contribution in [0.5, 0.6) is 0 Å². The van der Waals surface area contributed by atoms with Crippen molar-refractivity contribution in [2.75, 3.05) is 19.6 Å². The van der Waals surface area contributed by atoms with Gasteiger partial charge >= 0.3 is 0 Å². The van der Waals surface area contributed by atoms with E-state index in [1.807, 2.05) is 0 Å². The highest BCUT2D eigenvalue weighted by Gasteiger charge is 2.30. The van der Waals surface area contributed by atoms with Crippen LogP contribution in [-0.2, 0) is 6.54 Å². The molecule has 0 aliphatic carbocycles. The van der Waals surface area contributed by atoms with Crippen molar-refractivity contribution >= 4 is 11.6 Å². The van der Waals surface area contributed by atoms with Gasteiger partial charge in [0, 0.05) is 23.7 Å². The number of aryl methyl sites for hydroxylation is 1. The summed E-state index contributed by atoms with van der Waals surface area (Å²) in [6.45, 7) is 11.0. The van der Waals surface area contributed by atoms with Crippen LogP contribution in [0.25, 0.3) is 0 Å². The summed E-state index contributed by atoms with van der Waals surface area (Å²) in [6, 6.07) is 6.40. The zero-order valence-electron chi connectivity index (χ0n) is 13.0. The van der Waals surface area contributed by atoms with E-state index in [1.54, 1.807) is 0 Å². The minimum atomic E-state index is 0.272. The molecule has 1 heterocycles. The lowest BCUT2D eigenvalue weighted by molar-refractivity contribution is 0.191. The summed E-state index contributed by atoms with van der Waals surface area (Å²) in [6.07, 6.45) is 3.58. The van der Waals surface area contributed by atoms with Crippen molar-refractivity contribution in [3.63, 3.8) is 0 Å². The molecule has 112 valence electrons. The van der Waals surface area contributed by atoms with Crippen molar-refractivity contribution in [2.24, 2.45) is 0 Å². The second-order valence-corrected chi connectivity index (χ2v) is 6.48. The molecule has 1 N–H and O–H groups in total. The van der Waals surface area contributed by atoms with Gasteiger partial charge in [0.1, 0.15) is 0 Å². The monoisotopic (exact) mass is 294 g/mol. The van der Waals surface area contributed by atoms with Crippen LogP contribution in [0.15, 0.2) is 18.2 Å². The smallest absolute Gasteiger partial charge is 0.0453 e. The number of benzene rings is 1. The van der Waals surface area contributed by atoms with E-state index in [-0.39, 0.29) is 5.54 Å². The van der Waals surface area contributed by atoms with E-state index < -0.39 is 0 Å². The van der Waals surface area contributed by atoms with Crippen LogP contribution in [0, 0.1) is 6.92 Å². The van der Waals surface area contributed by atoms with Crippen molar-refractivity contribution in [3.05, 3.63) is 34.3 Å². The Bertz CT molecular complexity index is 441. The Morgan fingerprint density at radius 3 is 2.70 bits per heavy atom. The van der Waals surface area contributed by atoms with E-state index in [1.165, 1.54) is 30.4 Å². The van der Waals surface area contributed by atoms with Gasteiger partial charge in [0.05, 0.1) is 0 Å². The molecule has 1 aromatic rings. The van der Waals surface area contributed by atoms with Crippen molar-refractivity contribution in [1.82, 2.24) is 10.2 Å². The third kappa shape index (κ3) is 3.75. The summed E-state index contributed by atoms with van der Waals surface area (Å²) in [5.41, 5.74) is 2.75. The fraction of sp³-hybridized carbons (Fsp3) is 0.647. The molecule has 0 saturated carbocycles. The Morgan fingerprint density at radius 2 is 2.05 bits per heavy atom. The molecule has 1 fully saturated rings. The van der Waals surface area contributed by atoms with Gasteiger partial charge < -0.3 is 5.32 Å². The molecule has 1 aliphatic heterocycles. The third-order valence-corrected chi connectivity index (χ3v) is 4.99. The lowest BCUT2D eigenvalue weighted by Gasteiger charge is -2.35. The molecule has 0 bridgehead atoms. The standard InChI is InChI=1S/C17H27ClN2/c1-4-17(5-2)13-20(10-6-9-19-17)12-15-8-7-14(3)11-16(15)18/h7-8,11,19H,4-6,9-10,12-13H2,1-3H3. The Hall–Kier alpha value is -0.570. The molecule has 1 saturated heterocycles. The second-order valence-electron chi connectivity index (χ2n) is 6.07. The van der Waals surface area contributed by atoms with Crippen LogP contribution >= 0.6 is 11.6 Å².